The second-order valence-corrected chi connectivity index (χ2v) is 5.03. The Hall–Kier alpha value is -2.40. The number of nitrogens with zero attached hydrogens (tertiary/aromatic N) is 2. The lowest BCUT2D eigenvalue weighted by Crippen LogP contribution is -2.00. The fourth-order valence-corrected chi connectivity index (χ4v) is 2.37. The van der Waals surface area contributed by atoms with E-state index in [0.29, 0.717) is 10.7 Å². The van der Waals surface area contributed by atoms with Crippen LogP contribution in [0.2, 0.25) is 5.02 Å². The summed E-state index contributed by atoms with van der Waals surface area (Å²) in [6, 6.07) is 8.95. The highest BCUT2D eigenvalue weighted by atomic mass is 35.5. The third-order valence-electron chi connectivity index (χ3n) is 3.24. The molecule has 0 aliphatic carbocycles. The van der Waals surface area contributed by atoms with Crippen molar-refractivity contribution < 1.29 is 13.5 Å². The Labute approximate surface area is 130 Å². The number of aromatic nitrogens is 2. The normalized spacial score (nSPS) is 10.7. The Morgan fingerprint density at radius 1 is 1.14 bits per heavy atom. The van der Waals surface area contributed by atoms with Gasteiger partial charge in [-0.2, -0.15) is 0 Å². The van der Waals surface area contributed by atoms with Crippen LogP contribution in [0.5, 0.6) is 5.75 Å². The average Bonchev–Trinajstić information content (AvgIpc) is 2.96. The number of methoxy groups -OCH3 is 1. The van der Waals surface area contributed by atoms with E-state index >= 15 is 0 Å². The van der Waals surface area contributed by atoms with E-state index in [1.54, 1.807) is 35.2 Å². The molecule has 3 nitrogen and oxygen atoms in total. The fraction of sp³-hybridized carbons (Fsp3) is 0.0625. The zero-order valence-corrected chi connectivity index (χ0v) is 12.3. The van der Waals surface area contributed by atoms with Crippen molar-refractivity contribution in [2.45, 2.75) is 0 Å². The minimum Gasteiger partial charge on any atom is -0.496 e. The second-order valence-electron chi connectivity index (χ2n) is 4.59. The van der Waals surface area contributed by atoms with Gasteiger partial charge in [-0.3, -0.25) is 4.57 Å². The monoisotopic (exact) mass is 320 g/mol. The first-order chi connectivity index (χ1) is 10.6. The summed E-state index contributed by atoms with van der Waals surface area (Å²) in [6.07, 6.45) is 3.04. The second kappa shape index (κ2) is 5.77. The summed E-state index contributed by atoms with van der Waals surface area (Å²) < 4.78 is 34.4. The van der Waals surface area contributed by atoms with E-state index in [1.807, 2.05) is 0 Å². The molecule has 0 atom stereocenters. The minimum absolute atomic E-state index is 0.105. The lowest BCUT2D eigenvalue weighted by atomic mass is 10.1. The van der Waals surface area contributed by atoms with Gasteiger partial charge in [0.1, 0.15) is 17.4 Å². The maximum Gasteiger partial charge on any atom is 0.139 e. The van der Waals surface area contributed by atoms with Crippen LogP contribution in [0, 0.1) is 11.6 Å². The Morgan fingerprint density at radius 2 is 1.86 bits per heavy atom. The van der Waals surface area contributed by atoms with Gasteiger partial charge in [0, 0.05) is 22.8 Å². The van der Waals surface area contributed by atoms with Crippen LogP contribution in [-0.2, 0) is 0 Å². The Kier molecular flexibility index (Phi) is 3.81. The van der Waals surface area contributed by atoms with Crippen molar-refractivity contribution in [2.75, 3.05) is 7.11 Å². The van der Waals surface area contributed by atoms with Crippen LogP contribution in [0.15, 0.2) is 48.9 Å². The van der Waals surface area contributed by atoms with Crippen LogP contribution in [0.1, 0.15) is 0 Å². The van der Waals surface area contributed by atoms with Crippen molar-refractivity contribution in [1.29, 1.82) is 0 Å². The molecular weight excluding hydrogens is 310 g/mol. The molecule has 3 aromatic rings. The highest BCUT2D eigenvalue weighted by molar-refractivity contribution is 6.30. The first-order valence-electron chi connectivity index (χ1n) is 6.42. The summed E-state index contributed by atoms with van der Waals surface area (Å²) in [5.41, 5.74) is 1.36. The molecule has 1 aromatic heterocycles. The van der Waals surface area contributed by atoms with Gasteiger partial charge in [0.15, 0.2) is 0 Å². The highest BCUT2D eigenvalue weighted by Gasteiger charge is 2.18. The van der Waals surface area contributed by atoms with Gasteiger partial charge in [0.2, 0.25) is 0 Å². The van der Waals surface area contributed by atoms with Gasteiger partial charge >= 0.3 is 0 Å². The summed E-state index contributed by atoms with van der Waals surface area (Å²) in [4.78, 5) is 4.05. The van der Waals surface area contributed by atoms with Crippen molar-refractivity contribution in [3.63, 3.8) is 0 Å². The van der Waals surface area contributed by atoms with Crippen molar-refractivity contribution in [1.82, 2.24) is 9.55 Å². The van der Waals surface area contributed by atoms with E-state index in [1.165, 1.54) is 13.3 Å². The first kappa shape index (κ1) is 14.5. The molecule has 22 heavy (non-hydrogen) atoms. The third-order valence-corrected chi connectivity index (χ3v) is 3.49. The van der Waals surface area contributed by atoms with Gasteiger partial charge in [-0.05, 0) is 24.3 Å². The van der Waals surface area contributed by atoms with Crippen molar-refractivity contribution in [3.05, 3.63) is 65.6 Å². The maximum atomic E-state index is 14.2. The number of halogens is 3. The van der Waals surface area contributed by atoms with Gasteiger partial charge < -0.3 is 4.74 Å². The summed E-state index contributed by atoms with van der Waals surface area (Å²) in [5.74, 6) is -1.31. The van der Waals surface area contributed by atoms with Gasteiger partial charge in [0.05, 0.1) is 30.9 Å². The number of imidazole rings is 1. The number of hydrogen-bond acceptors (Lipinski definition) is 2. The predicted octanol–water partition coefficient (Wildman–Crippen LogP) is 4.48. The van der Waals surface area contributed by atoms with Gasteiger partial charge in [-0.15, -0.1) is 0 Å². The predicted molar refractivity (Wildman–Crippen MR) is 80.5 cm³/mol. The minimum atomic E-state index is -0.715. The first-order valence-corrected chi connectivity index (χ1v) is 6.79. The Morgan fingerprint density at radius 3 is 2.55 bits per heavy atom. The molecule has 3 rings (SSSR count). The topological polar surface area (TPSA) is 27.1 Å². The SMILES string of the molecule is COc1cc(F)cc(F)c1-c1cncn1-c1ccc(Cl)cc1. The molecule has 0 amide bonds. The molecule has 0 saturated heterocycles. The Balaban J connectivity index is 2.19. The molecule has 0 radical (unpaired) electrons. The van der Waals surface area contributed by atoms with Gasteiger partial charge in [-0.25, -0.2) is 13.8 Å². The van der Waals surface area contributed by atoms with E-state index in [-0.39, 0.29) is 11.3 Å². The molecule has 0 spiro atoms. The molecule has 0 fully saturated rings. The lowest BCUT2D eigenvalue weighted by molar-refractivity contribution is 0.408. The molecule has 6 heteroatoms. The zero-order chi connectivity index (χ0) is 15.7. The van der Waals surface area contributed by atoms with E-state index in [2.05, 4.69) is 4.98 Å². The molecular formula is C16H11ClF2N2O. The van der Waals surface area contributed by atoms with Crippen LogP contribution in [-0.4, -0.2) is 16.7 Å². The van der Waals surface area contributed by atoms with E-state index < -0.39 is 11.6 Å². The van der Waals surface area contributed by atoms with Crippen LogP contribution < -0.4 is 4.74 Å². The number of rotatable bonds is 3. The zero-order valence-electron chi connectivity index (χ0n) is 11.6. The highest BCUT2D eigenvalue weighted by Crippen LogP contribution is 2.34. The molecule has 0 saturated carbocycles. The van der Waals surface area contributed by atoms with E-state index in [0.717, 1.165) is 17.8 Å². The molecule has 0 bridgehead atoms. The standard InChI is InChI=1S/C16H11ClF2N2O/c1-22-15-7-11(18)6-13(19)16(15)14-8-20-9-21(14)12-4-2-10(17)3-5-12/h2-9H,1H3. The van der Waals surface area contributed by atoms with Crippen molar-refractivity contribution in [2.24, 2.45) is 0 Å². The number of hydrogen-bond donors (Lipinski definition) is 0. The van der Waals surface area contributed by atoms with E-state index in [4.69, 9.17) is 16.3 Å². The molecule has 1 heterocycles. The number of benzene rings is 2. The summed E-state index contributed by atoms with van der Waals surface area (Å²) in [5, 5.41) is 0.593. The van der Waals surface area contributed by atoms with Crippen molar-refractivity contribution >= 4 is 11.6 Å². The van der Waals surface area contributed by atoms with Crippen LogP contribution in [0.4, 0.5) is 8.78 Å². The van der Waals surface area contributed by atoms with Crippen molar-refractivity contribution in [3.8, 4) is 22.7 Å². The summed E-state index contributed by atoms with van der Waals surface area (Å²) in [6.45, 7) is 0. The quantitative estimate of drug-likeness (QED) is 0.711. The third kappa shape index (κ3) is 2.55. The van der Waals surface area contributed by atoms with Gasteiger partial charge in [0.25, 0.3) is 0 Å². The maximum absolute atomic E-state index is 14.2. The largest absolute Gasteiger partial charge is 0.496 e. The Bertz CT molecular complexity index is 816. The smallest absolute Gasteiger partial charge is 0.139 e. The average molecular weight is 321 g/mol. The van der Waals surface area contributed by atoms with Crippen LogP contribution in [0.3, 0.4) is 0 Å². The number of ether oxygens (including phenoxy) is 1. The molecule has 2 aromatic carbocycles. The molecule has 0 N–H and O–H groups in total. The van der Waals surface area contributed by atoms with Gasteiger partial charge in [-0.1, -0.05) is 11.6 Å². The van der Waals surface area contributed by atoms with Crippen LogP contribution >= 0.6 is 11.6 Å². The molecule has 112 valence electrons. The molecule has 0 unspecified atom stereocenters. The summed E-state index contributed by atoms with van der Waals surface area (Å²) >= 11 is 5.87. The summed E-state index contributed by atoms with van der Waals surface area (Å²) in [7, 11) is 1.36. The molecule has 0 aliphatic rings. The van der Waals surface area contributed by atoms with E-state index in [9.17, 15) is 8.78 Å². The lowest BCUT2D eigenvalue weighted by Gasteiger charge is -2.13. The molecule has 0 aliphatic heterocycles. The fourth-order valence-electron chi connectivity index (χ4n) is 2.25. The van der Waals surface area contributed by atoms with Crippen LogP contribution in [0.25, 0.3) is 16.9 Å².